The van der Waals surface area contributed by atoms with Gasteiger partial charge in [0.15, 0.2) is 0 Å². The minimum Gasteiger partial charge on any atom is -0.326 e. The molecule has 5 heteroatoms. The zero-order valence-corrected chi connectivity index (χ0v) is 13.1. The van der Waals surface area contributed by atoms with Crippen LogP contribution in [0.2, 0.25) is 0 Å². The smallest absolute Gasteiger partial charge is 0.240 e. The fraction of sp³-hybridized carbons (Fsp3) is 0.600. The van der Waals surface area contributed by atoms with Gasteiger partial charge in [-0.3, -0.25) is 0 Å². The molecule has 1 fully saturated rings. The third-order valence-electron chi connectivity index (χ3n) is 3.98. The third-order valence-corrected chi connectivity index (χ3v) is 5.57. The number of rotatable bonds is 7. The molecule has 0 amide bonds. The van der Waals surface area contributed by atoms with Crippen molar-refractivity contribution in [3.05, 3.63) is 28.8 Å². The van der Waals surface area contributed by atoms with Crippen LogP contribution in [0.3, 0.4) is 0 Å². The van der Waals surface area contributed by atoms with E-state index in [1.165, 1.54) is 12.8 Å². The van der Waals surface area contributed by atoms with Crippen molar-refractivity contribution in [2.75, 3.05) is 6.54 Å². The van der Waals surface area contributed by atoms with Gasteiger partial charge in [0, 0.05) is 13.1 Å². The minimum atomic E-state index is -3.43. The van der Waals surface area contributed by atoms with Crippen molar-refractivity contribution in [3.63, 3.8) is 0 Å². The number of benzene rings is 1. The average Bonchev–Trinajstić information content (AvgIpc) is 3.21. The molecule has 1 aliphatic carbocycles. The fourth-order valence-electron chi connectivity index (χ4n) is 2.38. The summed E-state index contributed by atoms with van der Waals surface area (Å²) in [6.07, 6.45) is 4.66. The minimum absolute atomic E-state index is 0.353. The highest BCUT2D eigenvalue weighted by Gasteiger charge is 2.22. The van der Waals surface area contributed by atoms with Gasteiger partial charge in [-0.2, -0.15) is 0 Å². The molecule has 1 saturated carbocycles. The molecular weight excluding hydrogens is 272 g/mol. The highest BCUT2D eigenvalue weighted by Crippen LogP contribution is 2.33. The second kappa shape index (κ2) is 6.24. The number of aryl methyl sites for hydroxylation is 1. The SMILES string of the molecule is Cc1cc(CN)cc(S(=O)(=O)NCCCC2CC2)c1C. The number of nitrogens with two attached hydrogens (primary N) is 1. The Morgan fingerprint density at radius 3 is 2.60 bits per heavy atom. The molecule has 112 valence electrons. The second-order valence-electron chi connectivity index (χ2n) is 5.72. The highest BCUT2D eigenvalue weighted by atomic mass is 32.2. The normalized spacial score (nSPS) is 15.6. The Bertz CT molecular complexity index is 578. The lowest BCUT2D eigenvalue weighted by molar-refractivity contribution is 0.571. The zero-order valence-electron chi connectivity index (χ0n) is 12.3. The molecule has 1 aliphatic rings. The number of nitrogens with one attached hydrogen (secondary N) is 1. The lowest BCUT2D eigenvalue weighted by atomic mass is 10.1. The summed E-state index contributed by atoms with van der Waals surface area (Å²) >= 11 is 0. The van der Waals surface area contributed by atoms with E-state index in [1.54, 1.807) is 6.07 Å². The van der Waals surface area contributed by atoms with Crippen LogP contribution in [0, 0.1) is 19.8 Å². The molecule has 0 aliphatic heterocycles. The molecule has 20 heavy (non-hydrogen) atoms. The zero-order chi connectivity index (χ0) is 14.8. The largest absolute Gasteiger partial charge is 0.326 e. The number of sulfonamides is 1. The van der Waals surface area contributed by atoms with E-state index in [-0.39, 0.29) is 0 Å². The van der Waals surface area contributed by atoms with Gasteiger partial charge >= 0.3 is 0 Å². The van der Waals surface area contributed by atoms with Gasteiger partial charge in [-0.15, -0.1) is 0 Å². The summed E-state index contributed by atoms with van der Waals surface area (Å²) in [7, 11) is -3.43. The van der Waals surface area contributed by atoms with Gasteiger partial charge in [0.1, 0.15) is 0 Å². The topological polar surface area (TPSA) is 72.2 Å². The molecule has 3 N–H and O–H groups in total. The Balaban J connectivity index is 2.08. The molecule has 0 atom stereocenters. The van der Waals surface area contributed by atoms with E-state index in [2.05, 4.69) is 4.72 Å². The lowest BCUT2D eigenvalue weighted by Gasteiger charge is -2.13. The van der Waals surface area contributed by atoms with Crippen molar-refractivity contribution in [3.8, 4) is 0 Å². The van der Waals surface area contributed by atoms with Crippen LogP contribution >= 0.6 is 0 Å². The van der Waals surface area contributed by atoms with Crippen molar-refractivity contribution in [1.82, 2.24) is 4.72 Å². The number of hydrogen-bond donors (Lipinski definition) is 2. The Hall–Kier alpha value is -0.910. The van der Waals surface area contributed by atoms with Crippen LogP contribution in [0.25, 0.3) is 0 Å². The van der Waals surface area contributed by atoms with Crippen molar-refractivity contribution >= 4 is 10.0 Å². The quantitative estimate of drug-likeness (QED) is 0.758. The summed E-state index contributed by atoms with van der Waals surface area (Å²) in [5.41, 5.74) is 8.25. The van der Waals surface area contributed by atoms with Gasteiger partial charge in [0.25, 0.3) is 0 Å². The molecule has 0 heterocycles. The Morgan fingerprint density at radius 2 is 2.00 bits per heavy atom. The maximum absolute atomic E-state index is 12.4. The summed E-state index contributed by atoms with van der Waals surface area (Å²) in [5.74, 6) is 0.837. The van der Waals surface area contributed by atoms with Gasteiger partial charge in [-0.25, -0.2) is 13.1 Å². The molecule has 4 nitrogen and oxygen atoms in total. The van der Waals surface area contributed by atoms with E-state index in [0.717, 1.165) is 35.4 Å². The van der Waals surface area contributed by atoms with Crippen LogP contribution in [0.4, 0.5) is 0 Å². The van der Waals surface area contributed by atoms with E-state index in [4.69, 9.17) is 5.73 Å². The monoisotopic (exact) mass is 296 g/mol. The Morgan fingerprint density at radius 1 is 1.30 bits per heavy atom. The summed E-state index contributed by atoms with van der Waals surface area (Å²) in [5, 5.41) is 0. The number of hydrogen-bond acceptors (Lipinski definition) is 3. The maximum Gasteiger partial charge on any atom is 0.240 e. The molecule has 0 radical (unpaired) electrons. The maximum atomic E-state index is 12.4. The van der Waals surface area contributed by atoms with Crippen molar-refractivity contribution in [2.24, 2.45) is 11.7 Å². The van der Waals surface area contributed by atoms with Gasteiger partial charge in [0.05, 0.1) is 4.90 Å². The van der Waals surface area contributed by atoms with Crippen LogP contribution in [0.1, 0.15) is 42.4 Å². The molecule has 0 unspecified atom stereocenters. The van der Waals surface area contributed by atoms with E-state index in [1.807, 2.05) is 19.9 Å². The summed E-state index contributed by atoms with van der Waals surface area (Å²) in [6, 6.07) is 3.63. The molecule has 2 rings (SSSR count). The first-order valence-corrected chi connectivity index (χ1v) is 8.72. The lowest BCUT2D eigenvalue weighted by Crippen LogP contribution is -2.26. The summed E-state index contributed by atoms with van der Waals surface area (Å²) in [4.78, 5) is 0.365. The predicted octanol–water partition coefficient (Wildman–Crippen LogP) is 2.23. The van der Waals surface area contributed by atoms with Crippen molar-refractivity contribution in [1.29, 1.82) is 0 Å². The molecule has 0 aromatic heterocycles. The van der Waals surface area contributed by atoms with E-state index in [9.17, 15) is 8.42 Å². The summed E-state index contributed by atoms with van der Waals surface area (Å²) < 4.78 is 27.5. The Labute approximate surface area is 121 Å². The molecule has 1 aromatic rings. The van der Waals surface area contributed by atoms with Gasteiger partial charge in [-0.1, -0.05) is 18.9 Å². The van der Waals surface area contributed by atoms with Gasteiger partial charge in [0.2, 0.25) is 10.0 Å². The van der Waals surface area contributed by atoms with Crippen LogP contribution in [0.5, 0.6) is 0 Å². The Kier molecular flexibility index (Phi) is 4.83. The fourth-order valence-corrected chi connectivity index (χ4v) is 3.82. The van der Waals surface area contributed by atoms with E-state index >= 15 is 0 Å². The average molecular weight is 296 g/mol. The van der Waals surface area contributed by atoms with E-state index < -0.39 is 10.0 Å². The van der Waals surface area contributed by atoms with Crippen LogP contribution < -0.4 is 10.5 Å². The molecule has 1 aromatic carbocycles. The van der Waals surface area contributed by atoms with Crippen molar-refractivity contribution in [2.45, 2.75) is 51.0 Å². The first-order valence-electron chi connectivity index (χ1n) is 7.24. The van der Waals surface area contributed by atoms with Crippen LogP contribution in [0.15, 0.2) is 17.0 Å². The molecule has 0 spiro atoms. The molecule has 0 bridgehead atoms. The van der Waals surface area contributed by atoms with Gasteiger partial charge in [-0.05, 0) is 55.4 Å². The highest BCUT2D eigenvalue weighted by molar-refractivity contribution is 7.89. The van der Waals surface area contributed by atoms with E-state index in [0.29, 0.717) is 18.0 Å². The third kappa shape index (κ3) is 3.81. The van der Waals surface area contributed by atoms with Crippen LogP contribution in [-0.2, 0) is 16.6 Å². The molecular formula is C15H24N2O2S. The van der Waals surface area contributed by atoms with Crippen molar-refractivity contribution < 1.29 is 8.42 Å². The first-order chi connectivity index (χ1) is 9.44. The van der Waals surface area contributed by atoms with Crippen LogP contribution in [-0.4, -0.2) is 15.0 Å². The summed E-state index contributed by atoms with van der Waals surface area (Å²) in [6.45, 7) is 4.63. The predicted molar refractivity (Wildman–Crippen MR) is 81.0 cm³/mol. The standard InChI is InChI=1S/C15H24N2O2S/c1-11-8-14(10-16)9-15(12(11)2)20(18,19)17-7-3-4-13-5-6-13/h8-9,13,17H,3-7,10,16H2,1-2H3. The molecule has 0 saturated heterocycles. The van der Waals surface area contributed by atoms with Gasteiger partial charge < -0.3 is 5.73 Å². The first kappa shape index (κ1) is 15.5. The second-order valence-corrected chi connectivity index (χ2v) is 7.46.